The second kappa shape index (κ2) is 6.52. The van der Waals surface area contributed by atoms with Gasteiger partial charge in [-0.25, -0.2) is 4.98 Å². The molecule has 104 valence electrons. The van der Waals surface area contributed by atoms with E-state index < -0.39 is 0 Å². The molecule has 1 aliphatic rings. The Hall–Kier alpha value is -1.62. The van der Waals surface area contributed by atoms with E-state index in [1.54, 1.807) is 6.07 Å². The van der Waals surface area contributed by atoms with Crippen LogP contribution >= 0.6 is 0 Å². The molecule has 19 heavy (non-hydrogen) atoms. The van der Waals surface area contributed by atoms with Gasteiger partial charge in [-0.15, -0.1) is 0 Å². The Morgan fingerprint density at radius 2 is 2.37 bits per heavy atom. The average Bonchev–Trinajstić information content (AvgIpc) is 2.82. The number of nitrogens with one attached hydrogen (secondary N) is 2. The third-order valence-electron chi connectivity index (χ3n) is 3.40. The van der Waals surface area contributed by atoms with Gasteiger partial charge in [0.15, 0.2) is 0 Å². The number of pyridine rings is 1. The lowest BCUT2D eigenvalue weighted by molar-refractivity contribution is 0.0903. The number of nitrogens with zero attached hydrogens (tertiary/aromatic N) is 1. The molecule has 0 aromatic carbocycles. The molecule has 2 rings (SSSR count). The molecule has 2 heterocycles. The Bertz CT molecular complexity index is 436. The molecule has 0 bridgehead atoms. The first kappa shape index (κ1) is 13.8. The minimum absolute atomic E-state index is 0.126. The number of anilines is 1. The maximum Gasteiger partial charge on any atom is 0.269 e. The van der Waals surface area contributed by atoms with Gasteiger partial charge in [0.2, 0.25) is 0 Å². The topological polar surface area (TPSA) is 63.2 Å². The van der Waals surface area contributed by atoms with Crippen LogP contribution in [-0.2, 0) is 4.74 Å². The maximum atomic E-state index is 12.0. The van der Waals surface area contributed by atoms with Crippen LogP contribution in [0.5, 0.6) is 0 Å². The second-order valence-electron chi connectivity index (χ2n) is 4.77. The predicted octanol–water partition coefficient (Wildman–Crippen LogP) is 1.67. The van der Waals surface area contributed by atoms with E-state index in [1.807, 2.05) is 26.0 Å². The number of hydrogen-bond acceptors (Lipinski definition) is 4. The first-order valence-electron chi connectivity index (χ1n) is 6.81. The normalized spacial score (nSPS) is 22.2. The van der Waals surface area contributed by atoms with Crippen LogP contribution in [0, 0.1) is 5.92 Å². The summed E-state index contributed by atoms with van der Waals surface area (Å²) in [5.74, 6) is 1.01. The Balaban J connectivity index is 1.90. The molecule has 1 aromatic heterocycles. The van der Waals surface area contributed by atoms with E-state index in [1.165, 1.54) is 0 Å². The van der Waals surface area contributed by atoms with Crippen LogP contribution in [0.4, 0.5) is 5.82 Å². The summed E-state index contributed by atoms with van der Waals surface area (Å²) in [7, 11) is 0. The van der Waals surface area contributed by atoms with E-state index >= 15 is 0 Å². The minimum Gasteiger partial charge on any atom is -0.378 e. The van der Waals surface area contributed by atoms with Crippen LogP contribution in [0.2, 0.25) is 0 Å². The number of hydrogen-bond donors (Lipinski definition) is 2. The largest absolute Gasteiger partial charge is 0.378 e. The van der Waals surface area contributed by atoms with Crippen LogP contribution in [0.3, 0.4) is 0 Å². The predicted molar refractivity (Wildman–Crippen MR) is 74.3 cm³/mol. The maximum absolute atomic E-state index is 12.0. The van der Waals surface area contributed by atoms with Gasteiger partial charge in [0.05, 0.1) is 6.10 Å². The molecule has 0 saturated carbocycles. The van der Waals surface area contributed by atoms with E-state index in [9.17, 15) is 4.79 Å². The third kappa shape index (κ3) is 3.67. The number of aromatic nitrogens is 1. The Labute approximate surface area is 113 Å². The van der Waals surface area contributed by atoms with Crippen molar-refractivity contribution in [2.45, 2.75) is 26.4 Å². The molecule has 1 aliphatic heterocycles. The van der Waals surface area contributed by atoms with E-state index in [0.29, 0.717) is 18.2 Å². The summed E-state index contributed by atoms with van der Waals surface area (Å²) in [4.78, 5) is 16.3. The number of rotatable bonds is 5. The fraction of sp³-hybridized carbons (Fsp3) is 0.571. The summed E-state index contributed by atoms with van der Waals surface area (Å²) >= 11 is 0. The molecular weight excluding hydrogens is 242 g/mol. The number of carbonyl (C=O) groups excluding carboxylic acids is 1. The zero-order valence-corrected chi connectivity index (χ0v) is 11.5. The summed E-state index contributed by atoms with van der Waals surface area (Å²) in [5, 5.41) is 6.03. The summed E-state index contributed by atoms with van der Waals surface area (Å²) < 4.78 is 5.48. The molecule has 2 N–H and O–H groups in total. The van der Waals surface area contributed by atoms with E-state index in [-0.39, 0.29) is 12.0 Å². The molecule has 0 spiro atoms. The summed E-state index contributed by atoms with van der Waals surface area (Å²) in [6.07, 6.45) is 1.23. The standard InChI is InChI=1S/C14H21N3O2/c1-3-15-13-6-4-5-12(17-13)14(18)16-9-11-7-8-19-10(11)2/h4-6,10-11H,3,7-9H2,1-2H3,(H,15,17)(H,16,18). The van der Waals surface area contributed by atoms with Crippen molar-refractivity contribution >= 4 is 11.7 Å². The van der Waals surface area contributed by atoms with Crippen LogP contribution in [0.1, 0.15) is 30.8 Å². The molecule has 2 unspecified atom stereocenters. The van der Waals surface area contributed by atoms with Crippen molar-refractivity contribution in [3.8, 4) is 0 Å². The SMILES string of the molecule is CCNc1cccc(C(=O)NCC2CCOC2C)n1. The van der Waals surface area contributed by atoms with Gasteiger partial charge in [0.1, 0.15) is 11.5 Å². The number of amides is 1. The van der Waals surface area contributed by atoms with Gasteiger partial charge < -0.3 is 15.4 Å². The first-order chi connectivity index (χ1) is 9.20. The monoisotopic (exact) mass is 263 g/mol. The third-order valence-corrected chi connectivity index (χ3v) is 3.40. The van der Waals surface area contributed by atoms with Crippen LogP contribution < -0.4 is 10.6 Å². The van der Waals surface area contributed by atoms with Crippen molar-refractivity contribution < 1.29 is 9.53 Å². The highest BCUT2D eigenvalue weighted by atomic mass is 16.5. The Morgan fingerprint density at radius 3 is 3.05 bits per heavy atom. The summed E-state index contributed by atoms with van der Waals surface area (Å²) in [6, 6.07) is 5.42. The van der Waals surface area contributed by atoms with Crippen LogP contribution in [0.15, 0.2) is 18.2 Å². The van der Waals surface area contributed by atoms with Gasteiger partial charge >= 0.3 is 0 Å². The van der Waals surface area contributed by atoms with Crippen molar-refractivity contribution in [2.24, 2.45) is 5.92 Å². The highest BCUT2D eigenvalue weighted by Gasteiger charge is 2.24. The van der Waals surface area contributed by atoms with Crippen LogP contribution in [-0.4, -0.2) is 36.7 Å². The molecule has 0 radical (unpaired) electrons. The fourth-order valence-corrected chi connectivity index (χ4v) is 2.20. The number of ether oxygens (including phenoxy) is 1. The smallest absolute Gasteiger partial charge is 0.269 e. The molecule has 0 aliphatic carbocycles. The van der Waals surface area contributed by atoms with E-state index in [0.717, 1.165) is 25.4 Å². The highest BCUT2D eigenvalue weighted by Crippen LogP contribution is 2.19. The average molecular weight is 263 g/mol. The minimum atomic E-state index is -0.126. The molecule has 1 fully saturated rings. The lowest BCUT2D eigenvalue weighted by atomic mass is 10.0. The van der Waals surface area contributed by atoms with Crippen molar-refractivity contribution in [2.75, 3.05) is 25.0 Å². The van der Waals surface area contributed by atoms with Gasteiger partial charge in [-0.3, -0.25) is 4.79 Å². The highest BCUT2D eigenvalue weighted by molar-refractivity contribution is 5.92. The second-order valence-corrected chi connectivity index (χ2v) is 4.77. The fourth-order valence-electron chi connectivity index (χ4n) is 2.20. The summed E-state index contributed by atoms with van der Waals surface area (Å²) in [6.45, 7) is 6.27. The zero-order valence-electron chi connectivity index (χ0n) is 11.5. The van der Waals surface area contributed by atoms with Crippen molar-refractivity contribution in [3.63, 3.8) is 0 Å². The first-order valence-corrected chi connectivity index (χ1v) is 6.81. The molecule has 2 atom stereocenters. The summed E-state index contributed by atoms with van der Waals surface area (Å²) in [5.41, 5.74) is 0.449. The van der Waals surface area contributed by atoms with Gasteiger partial charge in [0.25, 0.3) is 5.91 Å². The van der Waals surface area contributed by atoms with Crippen molar-refractivity contribution in [3.05, 3.63) is 23.9 Å². The van der Waals surface area contributed by atoms with Gasteiger partial charge in [-0.1, -0.05) is 6.07 Å². The van der Waals surface area contributed by atoms with Gasteiger partial charge in [-0.05, 0) is 32.4 Å². The quantitative estimate of drug-likeness (QED) is 0.848. The van der Waals surface area contributed by atoms with Crippen molar-refractivity contribution in [1.82, 2.24) is 10.3 Å². The molecular formula is C14H21N3O2. The molecule has 5 heteroatoms. The van der Waals surface area contributed by atoms with E-state index in [4.69, 9.17) is 4.74 Å². The molecule has 1 saturated heterocycles. The van der Waals surface area contributed by atoms with Crippen molar-refractivity contribution in [1.29, 1.82) is 0 Å². The molecule has 1 aromatic rings. The van der Waals surface area contributed by atoms with Gasteiger partial charge in [0, 0.05) is 25.6 Å². The van der Waals surface area contributed by atoms with Gasteiger partial charge in [-0.2, -0.15) is 0 Å². The number of carbonyl (C=O) groups is 1. The zero-order chi connectivity index (χ0) is 13.7. The lowest BCUT2D eigenvalue weighted by Gasteiger charge is -2.14. The van der Waals surface area contributed by atoms with E-state index in [2.05, 4.69) is 15.6 Å². The Kier molecular flexibility index (Phi) is 4.74. The van der Waals surface area contributed by atoms with Crippen LogP contribution in [0.25, 0.3) is 0 Å². The molecule has 1 amide bonds. The Morgan fingerprint density at radius 1 is 1.53 bits per heavy atom. The lowest BCUT2D eigenvalue weighted by Crippen LogP contribution is -2.32. The molecule has 5 nitrogen and oxygen atoms in total.